The molecule has 0 aromatic heterocycles. The van der Waals surface area contributed by atoms with Crippen LogP contribution in [0.25, 0.3) is 0 Å². The van der Waals surface area contributed by atoms with Gasteiger partial charge >= 0.3 is 39.5 Å². The number of carbonyl (C=O) groups excluding carboxylic acids is 4. The van der Waals surface area contributed by atoms with Crippen LogP contribution >= 0.6 is 15.6 Å². The number of aliphatic hydroxyl groups excluding tert-OH is 1. The molecule has 0 aromatic rings. The first-order chi connectivity index (χ1) is 36.5. The number of phosphoric acid groups is 2. The Morgan fingerprint density at radius 1 is 0.355 bits per heavy atom. The van der Waals surface area contributed by atoms with E-state index in [9.17, 15) is 43.2 Å². The van der Waals surface area contributed by atoms with E-state index in [0.29, 0.717) is 31.6 Å². The Morgan fingerprint density at radius 3 is 0.895 bits per heavy atom. The summed E-state index contributed by atoms with van der Waals surface area (Å²) in [5.41, 5.74) is 0. The van der Waals surface area contributed by atoms with Crippen LogP contribution < -0.4 is 0 Å². The van der Waals surface area contributed by atoms with Gasteiger partial charge in [-0.1, -0.05) is 227 Å². The molecule has 0 aliphatic heterocycles. The lowest BCUT2D eigenvalue weighted by molar-refractivity contribution is -0.161. The minimum Gasteiger partial charge on any atom is -0.462 e. The monoisotopic (exact) mass is 1130 g/mol. The molecule has 3 N–H and O–H groups in total. The van der Waals surface area contributed by atoms with Gasteiger partial charge in [0.2, 0.25) is 0 Å². The van der Waals surface area contributed by atoms with Gasteiger partial charge in [-0.2, -0.15) is 0 Å². The van der Waals surface area contributed by atoms with Crippen LogP contribution in [0.2, 0.25) is 0 Å². The zero-order valence-electron chi connectivity index (χ0n) is 48.4. The second-order valence-corrected chi connectivity index (χ2v) is 24.1. The summed E-state index contributed by atoms with van der Waals surface area (Å²) in [5.74, 6) is -1.46. The summed E-state index contributed by atoms with van der Waals surface area (Å²) in [5, 5.41) is 10.4. The van der Waals surface area contributed by atoms with Gasteiger partial charge < -0.3 is 33.8 Å². The Kier molecular flexibility index (Phi) is 49.9. The van der Waals surface area contributed by atoms with Crippen LogP contribution in [-0.2, 0) is 65.4 Å². The molecule has 2 unspecified atom stereocenters. The predicted molar refractivity (Wildman–Crippen MR) is 298 cm³/mol. The van der Waals surface area contributed by atoms with Crippen molar-refractivity contribution in [2.45, 2.75) is 297 Å². The number of esters is 4. The first kappa shape index (κ1) is 74.1. The number of ether oxygens (including phenoxy) is 4. The number of aliphatic hydroxyl groups is 1. The lowest BCUT2D eigenvalue weighted by atomic mass is 10.0. The maximum atomic E-state index is 12.9. The summed E-state index contributed by atoms with van der Waals surface area (Å²) in [7, 11) is -9.85. The molecule has 0 bridgehead atoms. The van der Waals surface area contributed by atoms with E-state index in [2.05, 4.69) is 34.6 Å². The van der Waals surface area contributed by atoms with Gasteiger partial charge in [-0.25, -0.2) is 9.13 Å². The van der Waals surface area contributed by atoms with Crippen molar-refractivity contribution in [1.82, 2.24) is 0 Å². The van der Waals surface area contributed by atoms with Crippen molar-refractivity contribution in [2.75, 3.05) is 39.6 Å². The number of hydrogen-bond acceptors (Lipinski definition) is 15. The molecule has 0 aliphatic carbocycles. The fourth-order valence-electron chi connectivity index (χ4n) is 8.34. The third kappa shape index (κ3) is 51.5. The van der Waals surface area contributed by atoms with Crippen LogP contribution in [0.4, 0.5) is 0 Å². The molecule has 76 heavy (non-hydrogen) atoms. The lowest BCUT2D eigenvalue weighted by Gasteiger charge is -2.21. The van der Waals surface area contributed by atoms with Gasteiger partial charge in [-0.05, 0) is 31.6 Å². The third-order valence-corrected chi connectivity index (χ3v) is 14.9. The number of unbranched alkanes of at least 4 members (excludes halogenated alkanes) is 29. The lowest BCUT2D eigenvalue weighted by Crippen LogP contribution is -2.30. The van der Waals surface area contributed by atoms with Crippen molar-refractivity contribution in [2.24, 2.45) is 5.92 Å². The molecule has 0 heterocycles. The van der Waals surface area contributed by atoms with E-state index in [-0.39, 0.29) is 25.7 Å². The Bertz CT molecular complexity index is 1500. The molecule has 0 aromatic carbocycles. The first-order valence-electron chi connectivity index (χ1n) is 30.1. The van der Waals surface area contributed by atoms with Crippen LogP contribution in [0.15, 0.2) is 0 Å². The van der Waals surface area contributed by atoms with E-state index < -0.39 is 97.5 Å². The van der Waals surface area contributed by atoms with E-state index in [1.54, 1.807) is 0 Å². The molecule has 0 amide bonds. The SMILES string of the molecule is CCCCCCCCCCCCCCCCCCC(=O)O[C@H](COC(=O)CCCCCCCCCC(C)C)COP(=O)(O)OC[C@@H](O)COP(=O)(O)OC[C@@H](COC(=O)CCCCCCC)OC(=O)CCCCCCC. The number of phosphoric ester groups is 2. The average molecular weight is 1130 g/mol. The quantitative estimate of drug-likeness (QED) is 0.0222. The molecular weight excluding hydrogens is 1020 g/mol. The van der Waals surface area contributed by atoms with Crippen molar-refractivity contribution in [3.63, 3.8) is 0 Å². The minimum atomic E-state index is -4.93. The average Bonchev–Trinajstić information content (AvgIpc) is 3.38. The Hall–Kier alpha value is -1.94. The second-order valence-electron chi connectivity index (χ2n) is 21.2. The van der Waals surface area contributed by atoms with Crippen LogP contribution in [0.5, 0.6) is 0 Å². The van der Waals surface area contributed by atoms with Gasteiger partial charge in [0, 0.05) is 25.7 Å². The molecule has 17 nitrogen and oxygen atoms in total. The van der Waals surface area contributed by atoms with Crippen LogP contribution in [0, 0.1) is 5.92 Å². The zero-order chi connectivity index (χ0) is 56.4. The molecule has 0 fully saturated rings. The molecule has 0 saturated heterocycles. The predicted octanol–water partition coefficient (Wildman–Crippen LogP) is 15.1. The molecule has 0 rings (SSSR count). The molecule has 5 atom stereocenters. The second kappa shape index (κ2) is 51.2. The highest BCUT2D eigenvalue weighted by Gasteiger charge is 2.30. The van der Waals surface area contributed by atoms with E-state index in [0.717, 1.165) is 103 Å². The summed E-state index contributed by atoms with van der Waals surface area (Å²) >= 11 is 0. The summed E-state index contributed by atoms with van der Waals surface area (Å²) in [6.07, 6.45) is 33.0. The van der Waals surface area contributed by atoms with Gasteiger partial charge in [0.15, 0.2) is 12.2 Å². The Morgan fingerprint density at radius 2 is 0.605 bits per heavy atom. The van der Waals surface area contributed by atoms with Crippen molar-refractivity contribution in [1.29, 1.82) is 0 Å². The number of carbonyl (C=O) groups is 4. The third-order valence-electron chi connectivity index (χ3n) is 13.0. The summed E-state index contributed by atoms with van der Waals surface area (Å²) in [4.78, 5) is 71.3. The fourth-order valence-corrected chi connectivity index (χ4v) is 9.92. The van der Waals surface area contributed by atoms with Crippen LogP contribution in [0.3, 0.4) is 0 Å². The van der Waals surface area contributed by atoms with Gasteiger partial charge in [0.25, 0.3) is 0 Å². The molecule has 0 radical (unpaired) electrons. The Labute approximate surface area is 460 Å². The number of rotatable bonds is 57. The molecule has 19 heteroatoms. The Balaban J connectivity index is 5.11. The topological polar surface area (TPSA) is 237 Å². The highest BCUT2D eigenvalue weighted by Crippen LogP contribution is 2.45. The normalized spacial score (nSPS) is 14.4. The standard InChI is InChI=1S/C57H110O17P2/c1-6-9-12-15-16-17-18-19-20-21-22-23-24-27-33-38-43-57(62)74-53(47-68-55(60)41-36-32-28-25-26-31-34-39-50(4)5)49-72-76(65,66)70-45-51(58)44-69-75(63,64)71-48-52(73-56(61)42-37-30-14-11-8-3)46-67-54(59)40-35-29-13-10-7-2/h50-53,58H,6-49H2,1-5H3,(H,63,64)(H,65,66)/t51-,52+,53+/m0/s1. The highest BCUT2D eigenvalue weighted by atomic mass is 31.2. The zero-order valence-corrected chi connectivity index (χ0v) is 50.2. The van der Waals surface area contributed by atoms with Crippen molar-refractivity contribution < 1.29 is 80.2 Å². The molecule has 450 valence electrons. The van der Waals surface area contributed by atoms with E-state index >= 15 is 0 Å². The fraction of sp³-hybridized carbons (Fsp3) is 0.930. The molecule has 0 aliphatic rings. The van der Waals surface area contributed by atoms with Gasteiger partial charge in [-0.3, -0.25) is 37.3 Å². The van der Waals surface area contributed by atoms with E-state index in [4.69, 9.17) is 37.0 Å². The van der Waals surface area contributed by atoms with E-state index in [1.807, 2.05) is 0 Å². The van der Waals surface area contributed by atoms with Gasteiger partial charge in [-0.15, -0.1) is 0 Å². The molecule has 0 spiro atoms. The maximum absolute atomic E-state index is 12.9. The van der Waals surface area contributed by atoms with Crippen LogP contribution in [0.1, 0.15) is 279 Å². The van der Waals surface area contributed by atoms with Crippen molar-refractivity contribution in [3.8, 4) is 0 Å². The van der Waals surface area contributed by atoms with Crippen molar-refractivity contribution >= 4 is 39.5 Å². The largest absolute Gasteiger partial charge is 0.472 e. The summed E-state index contributed by atoms with van der Waals surface area (Å²) in [6.45, 7) is 6.90. The smallest absolute Gasteiger partial charge is 0.462 e. The van der Waals surface area contributed by atoms with Crippen LogP contribution in [-0.4, -0.2) is 96.7 Å². The van der Waals surface area contributed by atoms with E-state index in [1.165, 1.54) is 89.9 Å². The maximum Gasteiger partial charge on any atom is 0.472 e. The number of hydrogen-bond donors (Lipinski definition) is 3. The van der Waals surface area contributed by atoms with Gasteiger partial charge in [0.05, 0.1) is 26.4 Å². The summed E-state index contributed by atoms with van der Waals surface area (Å²) in [6, 6.07) is 0. The van der Waals surface area contributed by atoms with Crippen molar-refractivity contribution in [3.05, 3.63) is 0 Å². The molecular formula is C57H110O17P2. The van der Waals surface area contributed by atoms with Gasteiger partial charge in [0.1, 0.15) is 19.3 Å². The minimum absolute atomic E-state index is 0.0987. The molecule has 0 saturated carbocycles. The highest BCUT2D eigenvalue weighted by molar-refractivity contribution is 7.47. The first-order valence-corrected chi connectivity index (χ1v) is 33.1. The summed E-state index contributed by atoms with van der Waals surface area (Å²) < 4.78 is 67.3.